The number of pyridine rings is 1. The third-order valence-corrected chi connectivity index (χ3v) is 4.23. The number of amides is 1. The van der Waals surface area contributed by atoms with Crippen molar-refractivity contribution in [3.05, 3.63) is 69.5 Å². The molecule has 0 bridgehead atoms. The predicted octanol–water partition coefficient (Wildman–Crippen LogP) is 4.29. The van der Waals surface area contributed by atoms with E-state index in [1.54, 1.807) is 42.7 Å². The number of anilines is 1. The summed E-state index contributed by atoms with van der Waals surface area (Å²) in [6.07, 6.45) is 3.28. The fraction of sp³-hybridized carbons (Fsp3) is 0.118. The third kappa shape index (κ3) is 4.58. The number of ether oxygens (including phenoxy) is 1. The summed E-state index contributed by atoms with van der Waals surface area (Å²) in [5, 5.41) is 7.57. The van der Waals surface area contributed by atoms with E-state index in [1.165, 1.54) is 4.68 Å². The average Bonchev–Trinajstić information content (AvgIpc) is 3.07. The van der Waals surface area contributed by atoms with Crippen molar-refractivity contribution in [1.82, 2.24) is 14.8 Å². The maximum atomic E-state index is 12.2. The van der Waals surface area contributed by atoms with Crippen molar-refractivity contribution in [2.45, 2.75) is 13.7 Å². The largest absolute Gasteiger partial charge is 0.471 e. The number of hydrogen-bond acceptors (Lipinski definition) is 4. The molecule has 0 radical (unpaired) electrons. The Morgan fingerprint density at radius 2 is 2.16 bits per heavy atom. The maximum Gasteiger partial charge on any atom is 0.277 e. The summed E-state index contributed by atoms with van der Waals surface area (Å²) in [6.45, 7) is 2.09. The van der Waals surface area contributed by atoms with Gasteiger partial charge in [-0.3, -0.25) is 4.79 Å². The van der Waals surface area contributed by atoms with Gasteiger partial charge in [-0.2, -0.15) is 5.10 Å². The van der Waals surface area contributed by atoms with Gasteiger partial charge in [-0.25, -0.2) is 9.67 Å². The molecule has 0 aliphatic heterocycles. The first kappa shape index (κ1) is 17.4. The fourth-order valence-corrected chi connectivity index (χ4v) is 2.38. The highest BCUT2D eigenvalue weighted by Gasteiger charge is 2.10. The van der Waals surface area contributed by atoms with E-state index in [1.807, 2.05) is 13.0 Å². The Balaban J connectivity index is 1.60. The predicted molar refractivity (Wildman–Crippen MR) is 98.9 cm³/mol. The molecule has 25 heavy (non-hydrogen) atoms. The molecule has 1 aromatic carbocycles. The van der Waals surface area contributed by atoms with E-state index in [4.69, 9.17) is 16.3 Å². The lowest BCUT2D eigenvalue weighted by Crippen LogP contribution is -2.15. The number of carbonyl (C=O) groups excluding carboxylic acids is 1. The SMILES string of the molecule is Cc1cc(OCn2ccc(C(=O)Nc3ccc(Br)cn3)n2)ccc1Cl. The van der Waals surface area contributed by atoms with Crippen LogP contribution >= 0.6 is 27.5 Å². The summed E-state index contributed by atoms with van der Waals surface area (Å²) in [5.74, 6) is 0.800. The monoisotopic (exact) mass is 420 g/mol. The van der Waals surface area contributed by atoms with Crippen molar-refractivity contribution >= 4 is 39.3 Å². The van der Waals surface area contributed by atoms with Crippen molar-refractivity contribution in [1.29, 1.82) is 0 Å². The highest BCUT2D eigenvalue weighted by Crippen LogP contribution is 2.21. The van der Waals surface area contributed by atoms with Crippen LogP contribution in [0.2, 0.25) is 5.02 Å². The lowest BCUT2D eigenvalue weighted by atomic mass is 10.2. The van der Waals surface area contributed by atoms with Crippen LogP contribution in [0.4, 0.5) is 5.82 Å². The van der Waals surface area contributed by atoms with Crippen LogP contribution in [0.25, 0.3) is 0 Å². The minimum atomic E-state index is -0.337. The highest BCUT2D eigenvalue weighted by atomic mass is 79.9. The molecule has 0 unspecified atom stereocenters. The molecule has 2 aromatic heterocycles. The van der Waals surface area contributed by atoms with Crippen molar-refractivity contribution in [2.75, 3.05) is 5.32 Å². The van der Waals surface area contributed by atoms with Gasteiger partial charge in [0.15, 0.2) is 12.4 Å². The highest BCUT2D eigenvalue weighted by molar-refractivity contribution is 9.10. The zero-order valence-electron chi connectivity index (χ0n) is 13.2. The van der Waals surface area contributed by atoms with Gasteiger partial charge in [0.1, 0.15) is 11.6 Å². The molecule has 3 rings (SSSR count). The molecule has 1 N–H and O–H groups in total. The van der Waals surface area contributed by atoms with Crippen LogP contribution in [0, 0.1) is 6.92 Å². The van der Waals surface area contributed by atoms with Crippen LogP contribution in [-0.2, 0) is 6.73 Å². The van der Waals surface area contributed by atoms with Crippen molar-refractivity contribution < 1.29 is 9.53 Å². The molecule has 3 aromatic rings. The summed E-state index contributed by atoms with van der Waals surface area (Å²) < 4.78 is 8.02. The number of carbonyl (C=O) groups is 1. The molecular weight excluding hydrogens is 408 g/mol. The van der Waals surface area contributed by atoms with E-state index in [9.17, 15) is 4.79 Å². The van der Waals surface area contributed by atoms with Gasteiger partial charge < -0.3 is 10.1 Å². The van der Waals surface area contributed by atoms with Crippen molar-refractivity contribution in [2.24, 2.45) is 0 Å². The van der Waals surface area contributed by atoms with Gasteiger partial charge >= 0.3 is 0 Å². The minimum Gasteiger partial charge on any atom is -0.471 e. The Hall–Kier alpha value is -2.38. The molecule has 0 aliphatic rings. The fourth-order valence-electron chi connectivity index (χ4n) is 2.03. The average molecular weight is 422 g/mol. The number of aryl methyl sites for hydroxylation is 1. The lowest BCUT2D eigenvalue weighted by Gasteiger charge is -2.07. The number of benzene rings is 1. The Labute approximate surface area is 157 Å². The first-order valence-electron chi connectivity index (χ1n) is 7.36. The van der Waals surface area contributed by atoms with Crippen LogP contribution in [0.5, 0.6) is 5.75 Å². The van der Waals surface area contributed by atoms with Crippen LogP contribution in [0.1, 0.15) is 16.1 Å². The molecule has 0 fully saturated rings. The van der Waals surface area contributed by atoms with Crippen LogP contribution in [0.3, 0.4) is 0 Å². The van der Waals surface area contributed by atoms with Crippen molar-refractivity contribution in [3.63, 3.8) is 0 Å². The van der Waals surface area contributed by atoms with Gasteiger partial charge in [0.2, 0.25) is 0 Å². The van der Waals surface area contributed by atoms with E-state index in [-0.39, 0.29) is 18.3 Å². The molecule has 128 valence electrons. The second-order valence-electron chi connectivity index (χ2n) is 5.24. The first-order chi connectivity index (χ1) is 12.0. The minimum absolute atomic E-state index is 0.185. The molecule has 0 saturated carbocycles. The maximum absolute atomic E-state index is 12.2. The van der Waals surface area contributed by atoms with Crippen molar-refractivity contribution in [3.8, 4) is 5.75 Å². The lowest BCUT2D eigenvalue weighted by molar-refractivity contribution is 0.102. The number of hydrogen-bond donors (Lipinski definition) is 1. The molecule has 0 saturated heterocycles. The van der Waals surface area contributed by atoms with E-state index in [2.05, 4.69) is 31.3 Å². The number of rotatable bonds is 5. The summed E-state index contributed by atoms with van der Waals surface area (Å²) >= 11 is 9.28. The quantitative estimate of drug-likeness (QED) is 0.667. The van der Waals surface area contributed by atoms with Gasteiger partial charge in [0.25, 0.3) is 5.91 Å². The summed E-state index contributed by atoms with van der Waals surface area (Å²) in [5.41, 5.74) is 1.21. The molecule has 2 heterocycles. The van der Waals surface area contributed by atoms with Crippen LogP contribution in [-0.4, -0.2) is 20.7 Å². The molecule has 1 amide bonds. The number of nitrogens with one attached hydrogen (secondary N) is 1. The van der Waals surface area contributed by atoms with E-state index in [0.29, 0.717) is 16.6 Å². The first-order valence-corrected chi connectivity index (χ1v) is 8.54. The number of halogens is 2. The Morgan fingerprint density at radius 3 is 2.88 bits per heavy atom. The summed E-state index contributed by atoms with van der Waals surface area (Å²) in [7, 11) is 0. The van der Waals surface area contributed by atoms with E-state index in [0.717, 1.165) is 10.0 Å². The van der Waals surface area contributed by atoms with E-state index < -0.39 is 0 Å². The topological polar surface area (TPSA) is 69.0 Å². The Morgan fingerprint density at radius 1 is 1.32 bits per heavy atom. The van der Waals surface area contributed by atoms with Crippen LogP contribution < -0.4 is 10.1 Å². The second-order valence-corrected chi connectivity index (χ2v) is 6.56. The van der Waals surface area contributed by atoms with Gasteiger partial charge in [0, 0.05) is 21.9 Å². The van der Waals surface area contributed by atoms with E-state index >= 15 is 0 Å². The molecule has 0 spiro atoms. The van der Waals surface area contributed by atoms with Gasteiger partial charge in [0.05, 0.1) is 0 Å². The zero-order valence-corrected chi connectivity index (χ0v) is 15.6. The third-order valence-electron chi connectivity index (χ3n) is 3.34. The molecule has 0 aliphatic carbocycles. The van der Waals surface area contributed by atoms with Gasteiger partial charge in [-0.15, -0.1) is 0 Å². The second kappa shape index (κ2) is 7.67. The van der Waals surface area contributed by atoms with Crippen LogP contribution in [0.15, 0.2) is 53.3 Å². The molecular formula is C17H14BrClN4O2. The summed E-state index contributed by atoms with van der Waals surface area (Å²) in [6, 6.07) is 10.5. The zero-order chi connectivity index (χ0) is 17.8. The Kier molecular flexibility index (Phi) is 5.35. The number of nitrogens with zero attached hydrogens (tertiary/aromatic N) is 3. The number of aromatic nitrogens is 3. The summed E-state index contributed by atoms with van der Waals surface area (Å²) in [4.78, 5) is 16.3. The normalized spacial score (nSPS) is 10.5. The molecule has 0 atom stereocenters. The smallest absolute Gasteiger partial charge is 0.277 e. The standard InChI is InChI=1S/C17H14BrClN4O2/c1-11-8-13(3-4-14(11)19)25-10-23-7-6-15(22-23)17(24)21-16-5-2-12(18)9-20-16/h2-9H,10H2,1H3,(H,20,21,24). The molecule has 8 heteroatoms. The van der Waals surface area contributed by atoms with Gasteiger partial charge in [-0.1, -0.05) is 11.6 Å². The molecule has 6 nitrogen and oxygen atoms in total. The Bertz CT molecular complexity index is 896. The van der Waals surface area contributed by atoms with Gasteiger partial charge in [-0.05, 0) is 64.8 Å².